The molecule has 4 heteroatoms. The molecule has 0 aliphatic carbocycles. The van der Waals surface area contributed by atoms with Crippen molar-refractivity contribution in [3.63, 3.8) is 0 Å². The Bertz CT molecular complexity index is 459. The first kappa shape index (κ1) is 10.6. The maximum absolute atomic E-state index is 5.93. The Morgan fingerprint density at radius 3 is 2.87 bits per heavy atom. The zero-order valence-corrected chi connectivity index (χ0v) is 10.2. The standard InChI is InChI=1S/C11H8BrClN2/c12-6-8-4-10(15-11(13)5-8)9-2-1-3-14-7-9/h1-5,7H,6H2. The van der Waals surface area contributed by atoms with Gasteiger partial charge < -0.3 is 0 Å². The van der Waals surface area contributed by atoms with Gasteiger partial charge >= 0.3 is 0 Å². The van der Waals surface area contributed by atoms with Crippen LogP contribution in [0.2, 0.25) is 5.15 Å². The number of alkyl halides is 1. The maximum atomic E-state index is 5.93. The summed E-state index contributed by atoms with van der Waals surface area (Å²) < 4.78 is 0. The third-order valence-electron chi connectivity index (χ3n) is 1.97. The van der Waals surface area contributed by atoms with Gasteiger partial charge in [-0.1, -0.05) is 27.5 Å². The van der Waals surface area contributed by atoms with Crippen LogP contribution in [0.15, 0.2) is 36.7 Å². The van der Waals surface area contributed by atoms with E-state index in [0.717, 1.165) is 22.2 Å². The third-order valence-corrected chi connectivity index (χ3v) is 2.81. The highest BCUT2D eigenvalue weighted by Gasteiger charge is 2.02. The van der Waals surface area contributed by atoms with Crippen LogP contribution in [-0.4, -0.2) is 9.97 Å². The van der Waals surface area contributed by atoms with Crippen molar-refractivity contribution < 1.29 is 0 Å². The second-order valence-corrected chi connectivity index (χ2v) is 4.01. The SMILES string of the molecule is Clc1cc(CBr)cc(-c2cccnc2)n1. The minimum Gasteiger partial charge on any atom is -0.264 e. The lowest BCUT2D eigenvalue weighted by Crippen LogP contribution is -1.88. The molecule has 76 valence electrons. The van der Waals surface area contributed by atoms with Crippen LogP contribution >= 0.6 is 27.5 Å². The molecule has 15 heavy (non-hydrogen) atoms. The van der Waals surface area contributed by atoms with Gasteiger partial charge in [0.05, 0.1) is 5.69 Å². The van der Waals surface area contributed by atoms with E-state index in [4.69, 9.17) is 11.6 Å². The molecule has 2 aromatic heterocycles. The zero-order valence-electron chi connectivity index (χ0n) is 7.82. The molecule has 2 heterocycles. The first-order valence-electron chi connectivity index (χ1n) is 4.42. The van der Waals surface area contributed by atoms with Gasteiger partial charge in [0.2, 0.25) is 0 Å². The summed E-state index contributed by atoms with van der Waals surface area (Å²) in [5.74, 6) is 0. The average molecular weight is 284 g/mol. The molecule has 0 saturated carbocycles. The maximum Gasteiger partial charge on any atom is 0.130 e. The normalized spacial score (nSPS) is 10.3. The minimum atomic E-state index is 0.505. The monoisotopic (exact) mass is 282 g/mol. The van der Waals surface area contributed by atoms with Gasteiger partial charge in [-0.3, -0.25) is 4.98 Å². The fraction of sp³-hybridized carbons (Fsp3) is 0.0909. The molecular formula is C11H8BrClN2. The Morgan fingerprint density at radius 1 is 1.33 bits per heavy atom. The number of aromatic nitrogens is 2. The largest absolute Gasteiger partial charge is 0.264 e. The molecule has 0 aromatic carbocycles. The van der Waals surface area contributed by atoms with Gasteiger partial charge in [-0.25, -0.2) is 4.98 Å². The van der Waals surface area contributed by atoms with Crippen molar-refractivity contribution in [2.24, 2.45) is 0 Å². The highest BCUT2D eigenvalue weighted by atomic mass is 79.9. The van der Waals surface area contributed by atoms with Crippen LogP contribution in [0, 0.1) is 0 Å². The summed E-state index contributed by atoms with van der Waals surface area (Å²) in [6, 6.07) is 7.68. The second kappa shape index (κ2) is 4.73. The van der Waals surface area contributed by atoms with E-state index in [1.54, 1.807) is 12.4 Å². The number of nitrogens with zero attached hydrogens (tertiary/aromatic N) is 2. The number of pyridine rings is 2. The van der Waals surface area contributed by atoms with E-state index in [1.807, 2.05) is 24.3 Å². The molecule has 0 atom stereocenters. The van der Waals surface area contributed by atoms with Crippen molar-refractivity contribution in [1.82, 2.24) is 9.97 Å². The van der Waals surface area contributed by atoms with Gasteiger partial charge in [0.25, 0.3) is 0 Å². The molecular weight excluding hydrogens is 275 g/mol. The van der Waals surface area contributed by atoms with Crippen molar-refractivity contribution in [2.45, 2.75) is 5.33 Å². The Hall–Kier alpha value is -0.930. The molecule has 2 rings (SSSR count). The van der Waals surface area contributed by atoms with Crippen LogP contribution in [0.25, 0.3) is 11.3 Å². The van der Waals surface area contributed by atoms with E-state index in [0.29, 0.717) is 5.15 Å². The van der Waals surface area contributed by atoms with Crippen LogP contribution in [0.1, 0.15) is 5.56 Å². The topological polar surface area (TPSA) is 25.8 Å². The van der Waals surface area contributed by atoms with E-state index in [9.17, 15) is 0 Å². The van der Waals surface area contributed by atoms with Crippen LogP contribution in [0.5, 0.6) is 0 Å². The smallest absolute Gasteiger partial charge is 0.130 e. The van der Waals surface area contributed by atoms with Crippen molar-refractivity contribution in [2.75, 3.05) is 0 Å². The van der Waals surface area contributed by atoms with Crippen LogP contribution in [-0.2, 0) is 5.33 Å². The van der Waals surface area contributed by atoms with Crippen molar-refractivity contribution >= 4 is 27.5 Å². The number of rotatable bonds is 2. The van der Waals surface area contributed by atoms with Gasteiger partial charge in [0.15, 0.2) is 0 Å². The zero-order chi connectivity index (χ0) is 10.7. The molecule has 2 nitrogen and oxygen atoms in total. The average Bonchev–Trinajstić information content (AvgIpc) is 2.29. The van der Waals surface area contributed by atoms with Gasteiger partial charge in [-0.05, 0) is 29.8 Å². The third kappa shape index (κ3) is 2.55. The molecule has 0 N–H and O–H groups in total. The summed E-state index contributed by atoms with van der Waals surface area (Å²) in [4.78, 5) is 8.31. The van der Waals surface area contributed by atoms with Crippen molar-refractivity contribution in [3.8, 4) is 11.3 Å². The van der Waals surface area contributed by atoms with Gasteiger partial charge in [0.1, 0.15) is 5.15 Å². The minimum absolute atomic E-state index is 0.505. The summed E-state index contributed by atoms with van der Waals surface area (Å²) in [5, 5.41) is 1.27. The fourth-order valence-corrected chi connectivity index (χ4v) is 1.84. The quantitative estimate of drug-likeness (QED) is 0.620. The van der Waals surface area contributed by atoms with Crippen LogP contribution in [0.4, 0.5) is 0 Å². The summed E-state index contributed by atoms with van der Waals surface area (Å²) >= 11 is 9.32. The highest BCUT2D eigenvalue weighted by molar-refractivity contribution is 9.08. The van der Waals surface area contributed by atoms with Gasteiger partial charge in [-0.15, -0.1) is 0 Å². The lowest BCUT2D eigenvalue weighted by atomic mass is 10.1. The summed E-state index contributed by atoms with van der Waals surface area (Å²) in [7, 11) is 0. The van der Waals surface area contributed by atoms with E-state index in [-0.39, 0.29) is 0 Å². The molecule has 0 aliphatic heterocycles. The van der Waals surface area contributed by atoms with E-state index in [1.165, 1.54) is 0 Å². The highest BCUT2D eigenvalue weighted by Crippen LogP contribution is 2.21. The first-order chi connectivity index (χ1) is 7.29. The predicted octanol–water partition coefficient (Wildman–Crippen LogP) is 3.69. The molecule has 0 bridgehead atoms. The molecule has 0 amide bonds. The molecule has 0 unspecified atom stereocenters. The lowest BCUT2D eigenvalue weighted by molar-refractivity contribution is 1.25. The Balaban J connectivity index is 2.49. The number of halogens is 2. The lowest BCUT2D eigenvalue weighted by Gasteiger charge is -2.03. The number of hydrogen-bond donors (Lipinski definition) is 0. The van der Waals surface area contributed by atoms with Crippen molar-refractivity contribution in [1.29, 1.82) is 0 Å². The summed E-state index contributed by atoms with van der Waals surface area (Å²) in [5.41, 5.74) is 2.93. The van der Waals surface area contributed by atoms with E-state index in [2.05, 4.69) is 25.9 Å². The summed E-state index contributed by atoms with van der Waals surface area (Å²) in [6.07, 6.45) is 3.51. The first-order valence-corrected chi connectivity index (χ1v) is 5.92. The molecule has 0 radical (unpaired) electrons. The molecule has 0 aliphatic rings. The van der Waals surface area contributed by atoms with Gasteiger partial charge in [0, 0.05) is 23.3 Å². The Labute approximate surface area is 101 Å². The van der Waals surface area contributed by atoms with Gasteiger partial charge in [-0.2, -0.15) is 0 Å². The molecule has 0 spiro atoms. The van der Waals surface area contributed by atoms with Crippen LogP contribution < -0.4 is 0 Å². The fourth-order valence-electron chi connectivity index (χ4n) is 1.29. The van der Waals surface area contributed by atoms with Crippen LogP contribution in [0.3, 0.4) is 0 Å². The summed E-state index contributed by atoms with van der Waals surface area (Å²) in [6.45, 7) is 0. The Kier molecular flexibility index (Phi) is 3.34. The number of hydrogen-bond acceptors (Lipinski definition) is 2. The molecule has 2 aromatic rings. The van der Waals surface area contributed by atoms with Crippen molar-refractivity contribution in [3.05, 3.63) is 47.4 Å². The van der Waals surface area contributed by atoms with E-state index < -0.39 is 0 Å². The molecule has 0 fully saturated rings. The molecule has 0 saturated heterocycles. The predicted molar refractivity (Wildman–Crippen MR) is 65.1 cm³/mol. The van der Waals surface area contributed by atoms with E-state index >= 15 is 0 Å². The second-order valence-electron chi connectivity index (χ2n) is 3.06. The Morgan fingerprint density at radius 2 is 2.20 bits per heavy atom.